The number of ether oxygens (including phenoxy) is 1. The molecule has 2 aliphatic rings. The lowest BCUT2D eigenvalue weighted by molar-refractivity contribution is -0.141. The molecule has 0 unspecified atom stereocenters. The van der Waals surface area contributed by atoms with Crippen LogP contribution in [0.2, 0.25) is 0 Å². The number of nitrogens with one attached hydrogen (secondary N) is 2. The van der Waals surface area contributed by atoms with Crippen LogP contribution in [0.25, 0.3) is 0 Å². The molecule has 2 amide bonds. The SMILES string of the molecule is COCCNC(=O)C1(Nc2ccccc2)CCN(C(=O)C2CCC2)CC1. The summed E-state index contributed by atoms with van der Waals surface area (Å²) in [5, 5.41) is 6.42. The predicted octanol–water partition coefficient (Wildman–Crippen LogP) is 2.02. The van der Waals surface area contributed by atoms with Crippen LogP contribution in [0, 0.1) is 5.92 Å². The van der Waals surface area contributed by atoms with Gasteiger partial charge in [0, 0.05) is 38.3 Å². The average Bonchev–Trinajstić information content (AvgIpc) is 2.62. The minimum atomic E-state index is -0.689. The van der Waals surface area contributed by atoms with Crippen molar-refractivity contribution in [3.63, 3.8) is 0 Å². The summed E-state index contributed by atoms with van der Waals surface area (Å²) >= 11 is 0. The number of piperidine rings is 1. The number of likely N-dealkylation sites (tertiary alicyclic amines) is 1. The molecule has 1 saturated heterocycles. The van der Waals surface area contributed by atoms with Gasteiger partial charge in [0.1, 0.15) is 5.54 Å². The molecule has 0 aromatic heterocycles. The van der Waals surface area contributed by atoms with E-state index >= 15 is 0 Å². The van der Waals surface area contributed by atoms with E-state index in [1.54, 1.807) is 7.11 Å². The third-order valence-corrected chi connectivity index (χ3v) is 5.57. The Labute approximate surface area is 155 Å². The van der Waals surface area contributed by atoms with E-state index in [2.05, 4.69) is 10.6 Å². The third kappa shape index (κ3) is 4.18. The quantitative estimate of drug-likeness (QED) is 0.731. The summed E-state index contributed by atoms with van der Waals surface area (Å²) < 4.78 is 5.04. The highest BCUT2D eigenvalue weighted by molar-refractivity contribution is 5.90. The van der Waals surface area contributed by atoms with Crippen LogP contribution in [0.1, 0.15) is 32.1 Å². The molecule has 0 spiro atoms. The molecule has 1 aliphatic carbocycles. The lowest BCUT2D eigenvalue weighted by Gasteiger charge is -2.43. The van der Waals surface area contributed by atoms with Gasteiger partial charge >= 0.3 is 0 Å². The first-order valence-electron chi connectivity index (χ1n) is 9.54. The standard InChI is InChI=1S/C20H29N3O3/c1-26-15-12-21-19(25)20(22-17-8-3-2-4-9-17)10-13-23(14-11-20)18(24)16-6-5-7-16/h2-4,8-9,16,22H,5-7,10-15H2,1H3,(H,21,25). The lowest BCUT2D eigenvalue weighted by atomic mass is 9.82. The Morgan fingerprint density at radius 2 is 1.88 bits per heavy atom. The summed E-state index contributed by atoms with van der Waals surface area (Å²) in [5.41, 5.74) is 0.235. The molecule has 3 rings (SSSR count). The van der Waals surface area contributed by atoms with Crippen molar-refractivity contribution in [2.24, 2.45) is 5.92 Å². The fraction of sp³-hybridized carbons (Fsp3) is 0.600. The van der Waals surface area contributed by atoms with Crippen molar-refractivity contribution in [3.8, 4) is 0 Å². The first kappa shape index (κ1) is 18.7. The smallest absolute Gasteiger partial charge is 0.245 e. The number of anilines is 1. The number of benzene rings is 1. The van der Waals surface area contributed by atoms with E-state index < -0.39 is 5.54 Å². The molecular weight excluding hydrogens is 330 g/mol. The Hall–Kier alpha value is -2.08. The van der Waals surface area contributed by atoms with Crippen molar-refractivity contribution in [2.75, 3.05) is 38.7 Å². The number of para-hydroxylation sites is 1. The van der Waals surface area contributed by atoms with Crippen LogP contribution >= 0.6 is 0 Å². The van der Waals surface area contributed by atoms with Crippen molar-refractivity contribution in [2.45, 2.75) is 37.6 Å². The summed E-state index contributed by atoms with van der Waals surface area (Å²) in [6, 6.07) is 9.80. The molecule has 1 saturated carbocycles. The molecule has 0 bridgehead atoms. The third-order valence-electron chi connectivity index (χ3n) is 5.57. The average molecular weight is 359 g/mol. The van der Waals surface area contributed by atoms with Gasteiger partial charge in [0.05, 0.1) is 6.61 Å². The van der Waals surface area contributed by atoms with E-state index in [9.17, 15) is 9.59 Å². The zero-order valence-corrected chi connectivity index (χ0v) is 15.5. The van der Waals surface area contributed by atoms with Gasteiger partial charge < -0.3 is 20.3 Å². The van der Waals surface area contributed by atoms with Gasteiger partial charge in [-0.15, -0.1) is 0 Å². The molecule has 0 atom stereocenters. The van der Waals surface area contributed by atoms with E-state index in [4.69, 9.17) is 4.74 Å². The highest BCUT2D eigenvalue weighted by Gasteiger charge is 2.43. The van der Waals surface area contributed by atoms with Crippen molar-refractivity contribution >= 4 is 17.5 Å². The zero-order valence-electron chi connectivity index (χ0n) is 15.5. The summed E-state index contributed by atoms with van der Waals surface area (Å²) in [4.78, 5) is 27.4. The van der Waals surface area contributed by atoms with Gasteiger partial charge in [-0.1, -0.05) is 24.6 Å². The van der Waals surface area contributed by atoms with Gasteiger partial charge in [-0.25, -0.2) is 0 Å². The van der Waals surface area contributed by atoms with Crippen LogP contribution in [0.3, 0.4) is 0 Å². The first-order valence-corrected chi connectivity index (χ1v) is 9.54. The fourth-order valence-electron chi connectivity index (χ4n) is 3.66. The van der Waals surface area contributed by atoms with Crippen LogP contribution < -0.4 is 10.6 Å². The van der Waals surface area contributed by atoms with Crippen molar-refractivity contribution in [1.29, 1.82) is 0 Å². The molecule has 6 heteroatoms. The minimum absolute atomic E-state index is 0.0193. The van der Waals surface area contributed by atoms with Gasteiger partial charge in [-0.3, -0.25) is 9.59 Å². The molecule has 1 aromatic rings. The van der Waals surface area contributed by atoms with Gasteiger partial charge in [0.2, 0.25) is 11.8 Å². The van der Waals surface area contributed by atoms with Crippen LogP contribution in [0.5, 0.6) is 0 Å². The van der Waals surface area contributed by atoms with Crippen molar-refractivity contribution < 1.29 is 14.3 Å². The van der Waals surface area contributed by atoms with E-state index in [-0.39, 0.29) is 17.7 Å². The summed E-state index contributed by atoms with van der Waals surface area (Å²) in [6.45, 7) is 2.21. The van der Waals surface area contributed by atoms with Gasteiger partial charge in [0.15, 0.2) is 0 Å². The maximum absolute atomic E-state index is 12.9. The second-order valence-electron chi connectivity index (χ2n) is 7.27. The number of hydrogen-bond donors (Lipinski definition) is 2. The van der Waals surface area contributed by atoms with Crippen molar-refractivity contribution in [3.05, 3.63) is 30.3 Å². The second-order valence-corrected chi connectivity index (χ2v) is 7.27. The summed E-state index contributed by atoms with van der Waals surface area (Å²) in [5.74, 6) is 0.457. The molecule has 142 valence electrons. The number of hydrogen-bond acceptors (Lipinski definition) is 4. The molecule has 1 aromatic carbocycles. The Bertz CT molecular complexity index is 608. The molecule has 0 radical (unpaired) electrons. The van der Waals surface area contributed by atoms with Crippen LogP contribution in [-0.4, -0.2) is 55.6 Å². The number of carbonyl (C=O) groups excluding carboxylic acids is 2. The fourth-order valence-corrected chi connectivity index (χ4v) is 3.66. The van der Waals surface area contributed by atoms with Crippen LogP contribution in [0.4, 0.5) is 5.69 Å². The molecule has 2 fully saturated rings. The monoisotopic (exact) mass is 359 g/mol. The van der Waals surface area contributed by atoms with E-state index in [1.807, 2.05) is 35.2 Å². The Balaban J connectivity index is 1.67. The molecule has 6 nitrogen and oxygen atoms in total. The highest BCUT2D eigenvalue weighted by atomic mass is 16.5. The van der Waals surface area contributed by atoms with Gasteiger partial charge in [0.25, 0.3) is 0 Å². The van der Waals surface area contributed by atoms with E-state index in [0.29, 0.717) is 39.1 Å². The first-order chi connectivity index (χ1) is 12.6. The number of rotatable bonds is 7. The Kier molecular flexibility index (Phi) is 6.14. The number of nitrogens with zero attached hydrogens (tertiary/aromatic N) is 1. The molecule has 1 heterocycles. The summed E-state index contributed by atoms with van der Waals surface area (Å²) in [6.07, 6.45) is 4.41. The van der Waals surface area contributed by atoms with E-state index in [1.165, 1.54) is 0 Å². The largest absolute Gasteiger partial charge is 0.383 e. The Morgan fingerprint density at radius 1 is 1.19 bits per heavy atom. The van der Waals surface area contributed by atoms with Crippen molar-refractivity contribution in [1.82, 2.24) is 10.2 Å². The number of amides is 2. The molecular formula is C20H29N3O3. The van der Waals surface area contributed by atoms with Crippen LogP contribution in [0.15, 0.2) is 30.3 Å². The Morgan fingerprint density at radius 3 is 2.46 bits per heavy atom. The van der Waals surface area contributed by atoms with Gasteiger partial charge in [-0.2, -0.15) is 0 Å². The van der Waals surface area contributed by atoms with Crippen LogP contribution in [-0.2, 0) is 14.3 Å². The lowest BCUT2D eigenvalue weighted by Crippen LogP contribution is -2.60. The second kappa shape index (κ2) is 8.54. The zero-order chi connectivity index (χ0) is 18.4. The molecule has 1 aliphatic heterocycles. The summed E-state index contributed by atoms with van der Waals surface area (Å²) in [7, 11) is 1.62. The normalized spacial score (nSPS) is 19.5. The molecule has 2 N–H and O–H groups in total. The number of methoxy groups -OCH3 is 1. The van der Waals surface area contributed by atoms with Gasteiger partial charge in [-0.05, 0) is 37.8 Å². The predicted molar refractivity (Wildman–Crippen MR) is 101 cm³/mol. The maximum atomic E-state index is 12.9. The highest BCUT2D eigenvalue weighted by Crippen LogP contribution is 2.32. The molecule has 26 heavy (non-hydrogen) atoms. The topological polar surface area (TPSA) is 70.7 Å². The number of carbonyl (C=O) groups is 2. The van der Waals surface area contributed by atoms with E-state index in [0.717, 1.165) is 24.9 Å². The minimum Gasteiger partial charge on any atom is -0.383 e. The maximum Gasteiger partial charge on any atom is 0.245 e.